The van der Waals surface area contributed by atoms with Gasteiger partial charge in [-0.05, 0) is 49.3 Å². The Balaban J connectivity index is 1.46. The van der Waals surface area contributed by atoms with Crippen LogP contribution in [0.15, 0.2) is 24.3 Å². The highest BCUT2D eigenvalue weighted by molar-refractivity contribution is 5.78. The summed E-state index contributed by atoms with van der Waals surface area (Å²) in [7, 11) is 0. The average Bonchev–Trinajstić information content (AvgIpc) is 3.41. The number of likely N-dealkylation sites (tertiary alicyclic amines) is 1. The fourth-order valence-corrected chi connectivity index (χ4v) is 4.86. The van der Waals surface area contributed by atoms with E-state index in [1.54, 1.807) is 0 Å². The summed E-state index contributed by atoms with van der Waals surface area (Å²) in [6.45, 7) is 5.74. The molecule has 1 aromatic heterocycles. The van der Waals surface area contributed by atoms with Crippen molar-refractivity contribution in [1.82, 2.24) is 20.1 Å². The quantitative estimate of drug-likeness (QED) is 0.828. The van der Waals surface area contributed by atoms with Crippen LogP contribution in [0.2, 0.25) is 0 Å². The number of aryl methyl sites for hydroxylation is 2. The summed E-state index contributed by atoms with van der Waals surface area (Å²) in [5, 5.41) is 7.62. The second kappa shape index (κ2) is 7.94. The Morgan fingerprint density at radius 2 is 2.18 bits per heavy atom. The Hall–Kier alpha value is -2.37. The Morgan fingerprint density at radius 3 is 2.93 bits per heavy atom. The number of amides is 1. The number of hydrogen-bond donors (Lipinski definition) is 1. The van der Waals surface area contributed by atoms with Crippen LogP contribution >= 0.6 is 0 Å². The van der Waals surface area contributed by atoms with Gasteiger partial charge in [0.05, 0.1) is 0 Å². The molecule has 2 fully saturated rings. The van der Waals surface area contributed by atoms with Crippen molar-refractivity contribution in [3.8, 4) is 5.75 Å². The number of ether oxygens (including phenoxy) is 1. The van der Waals surface area contributed by atoms with Gasteiger partial charge in [-0.15, -0.1) is 0 Å². The number of H-pyrrole nitrogens is 1. The summed E-state index contributed by atoms with van der Waals surface area (Å²) in [4.78, 5) is 19.6. The summed E-state index contributed by atoms with van der Waals surface area (Å²) in [6.07, 6.45) is 6.72. The van der Waals surface area contributed by atoms with Crippen LogP contribution in [0.5, 0.6) is 5.75 Å². The third kappa shape index (κ3) is 3.77. The third-order valence-electron chi connectivity index (χ3n) is 6.30. The minimum Gasteiger partial charge on any atom is -0.484 e. The van der Waals surface area contributed by atoms with Gasteiger partial charge in [0.15, 0.2) is 12.4 Å². The molecule has 2 aromatic rings. The van der Waals surface area contributed by atoms with Gasteiger partial charge in [0.25, 0.3) is 5.91 Å². The third-order valence-corrected chi connectivity index (χ3v) is 6.30. The van der Waals surface area contributed by atoms with E-state index < -0.39 is 0 Å². The molecule has 1 aromatic carbocycles. The molecule has 1 spiro atoms. The van der Waals surface area contributed by atoms with E-state index in [-0.39, 0.29) is 23.8 Å². The monoisotopic (exact) mass is 382 g/mol. The zero-order valence-corrected chi connectivity index (χ0v) is 16.9. The average molecular weight is 383 g/mol. The van der Waals surface area contributed by atoms with Gasteiger partial charge < -0.3 is 9.64 Å². The van der Waals surface area contributed by atoms with Crippen molar-refractivity contribution in [1.29, 1.82) is 0 Å². The number of carbonyl (C=O) groups is 1. The molecule has 1 aliphatic heterocycles. The van der Waals surface area contributed by atoms with Crippen LogP contribution < -0.4 is 4.74 Å². The van der Waals surface area contributed by atoms with E-state index in [2.05, 4.69) is 17.1 Å². The maximum Gasteiger partial charge on any atom is 0.260 e. The SMILES string of the molecule is CCCc1nc(C2CN(C(=O)COc3cccc(C)c3)CC23CCCC3)n[nH]1. The number of nitrogens with zero attached hydrogens (tertiary/aromatic N) is 3. The molecule has 1 saturated carbocycles. The van der Waals surface area contributed by atoms with Gasteiger partial charge in [0.2, 0.25) is 0 Å². The maximum absolute atomic E-state index is 12.9. The standard InChI is InChI=1S/C22H30N4O2/c1-3-7-19-23-21(25-24-19)18-13-26(15-22(18)10-4-5-11-22)20(27)14-28-17-9-6-8-16(2)12-17/h6,8-9,12,18H,3-5,7,10-11,13-15H2,1-2H3,(H,23,24,25). The molecule has 6 heteroatoms. The van der Waals surface area contributed by atoms with Crippen molar-refractivity contribution in [2.45, 2.75) is 58.3 Å². The highest BCUT2D eigenvalue weighted by Gasteiger charge is 2.51. The zero-order valence-electron chi connectivity index (χ0n) is 16.9. The fourth-order valence-electron chi connectivity index (χ4n) is 4.86. The van der Waals surface area contributed by atoms with Gasteiger partial charge in [-0.25, -0.2) is 4.98 Å². The normalized spacial score (nSPS) is 20.8. The van der Waals surface area contributed by atoms with Crippen LogP contribution in [0.4, 0.5) is 0 Å². The molecule has 1 aliphatic carbocycles. The van der Waals surface area contributed by atoms with E-state index in [0.29, 0.717) is 6.54 Å². The lowest BCUT2D eigenvalue weighted by Gasteiger charge is -2.27. The molecule has 4 rings (SSSR count). The molecule has 2 heterocycles. The van der Waals surface area contributed by atoms with Crippen LogP contribution in [-0.4, -0.2) is 45.7 Å². The van der Waals surface area contributed by atoms with E-state index in [9.17, 15) is 4.79 Å². The van der Waals surface area contributed by atoms with Crippen molar-refractivity contribution >= 4 is 5.91 Å². The molecule has 2 aliphatic rings. The Labute approximate surface area is 166 Å². The van der Waals surface area contributed by atoms with Crippen LogP contribution in [0, 0.1) is 12.3 Å². The lowest BCUT2D eigenvalue weighted by atomic mass is 9.76. The predicted octanol–water partition coefficient (Wildman–Crippen LogP) is 3.63. The zero-order chi connectivity index (χ0) is 19.6. The Morgan fingerprint density at radius 1 is 1.36 bits per heavy atom. The summed E-state index contributed by atoms with van der Waals surface area (Å²) < 4.78 is 5.76. The van der Waals surface area contributed by atoms with Crippen LogP contribution in [-0.2, 0) is 11.2 Å². The Bertz CT molecular complexity index is 825. The first-order valence-corrected chi connectivity index (χ1v) is 10.5. The smallest absolute Gasteiger partial charge is 0.260 e. The van der Waals surface area contributed by atoms with Crippen molar-refractivity contribution in [3.05, 3.63) is 41.5 Å². The van der Waals surface area contributed by atoms with Crippen molar-refractivity contribution < 1.29 is 9.53 Å². The number of nitrogens with one attached hydrogen (secondary N) is 1. The van der Waals surface area contributed by atoms with Gasteiger partial charge >= 0.3 is 0 Å². The molecule has 0 bridgehead atoms. The first-order chi connectivity index (χ1) is 13.6. The molecule has 0 radical (unpaired) electrons. The number of hydrogen-bond acceptors (Lipinski definition) is 4. The van der Waals surface area contributed by atoms with Gasteiger partial charge in [-0.2, -0.15) is 5.10 Å². The minimum atomic E-state index is 0.0552. The first kappa shape index (κ1) is 19.0. The molecular weight excluding hydrogens is 352 g/mol. The molecular formula is C22H30N4O2. The highest BCUT2D eigenvalue weighted by atomic mass is 16.5. The van der Waals surface area contributed by atoms with Gasteiger partial charge in [0.1, 0.15) is 11.6 Å². The van der Waals surface area contributed by atoms with Crippen LogP contribution in [0.25, 0.3) is 0 Å². The summed E-state index contributed by atoms with van der Waals surface area (Å²) >= 11 is 0. The molecule has 1 N–H and O–H groups in total. The van der Waals surface area contributed by atoms with E-state index in [0.717, 1.165) is 55.2 Å². The molecule has 1 unspecified atom stereocenters. The molecule has 150 valence electrons. The number of benzene rings is 1. The topological polar surface area (TPSA) is 71.1 Å². The van der Waals surface area contributed by atoms with E-state index >= 15 is 0 Å². The van der Waals surface area contributed by atoms with E-state index in [1.807, 2.05) is 36.1 Å². The molecule has 1 saturated heterocycles. The first-order valence-electron chi connectivity index (χ1n) is 10.5. The molecule has 1 atom stereocenters. The van der Waals surface area contributed by atoms with Crippen molar-refractivity contribution in [3.63, 3.8) is 0 Å². The highest BCUT2D eigenvalue weighted by Crippen LogP contribution is 2.52. The number of aromatic amines is 1. The van der Waals surface area contributed by atoms with Crippen molar-refractivity contribution in [2.75, 3.05) is 19.7 Å². The number of rotatable bonds is 6. The minimum absolute atomic E-state index is 0.0552. The Kier molecular flexibility index (Phi) is 5.38. The fraction of sp³-hybridized carbons (Fsp3) is 0.591. The van der Waals surface area contributed by atoms with Gasteiger partial charge in [-0.3, -0.25) is 9.89 Å². The summed E-state index contributed by atoms with van der Waals surface area (Å²) in [5.41, 5.74) is 1.26. The summed E-state index contributed by atoms with van der Waals surface area (Å²) in [6, 6.07) is 7.83. The molecule has 6 nitrogen and oxygen atoms in total. The largest absolute Gasteiger partial charge is 0.484 e. The van der Waals surface area contributed by atoms with Crippen LogP contribution in [0.3, 0.4) is 0 Å². The van der Waals surface area contributed by atoms with Crippen molar-refractivity contribution in [2.24, 2.45) is 5.41 Å². The molecule has 28 heavy (non-hydrogen) atoms. The van der Waals surface area contributed by atoms with E-state index in [1.165, 1.54) is 12.8 Å². The predicted molar refractivity (Wildman–Crippen MR) is 107 cm³/mol. The number of aromatic nitrogens is 3. The summed E-state index contributed by atoms with van der Waals surface area (Å²) in [5.74, 6) is 2.87. The second-order valence-corrected chi connectivity index (χ2v) is 8.39. The second-order valence-electron chi connectivity index (χ2n) is 8.39. The van der Waals surface area contributed by atoms with E-state index in [4.69, 9.17) is 9.72 Å². The lowest BCUT2D eigenvalue weighted by molar-refractivity contribution is -0.132. The van der Waals surface area contributed by atoms with Gasteiger partial charge in [0, 0.05) is 25.4 Å². The van der Waals surface area contributed by atoms with Gasteiger partial charge in [-0.1, -0.05) is 31.9 Å². The molecule has 1 amide bonds. The number of carbonyl (C=O) groups excluding carboxylic acids is 1. The maximum atomic E-state index is 12.9. The lowest BCUT2D eigenvalue weighted by Crippen LogP contribution is -2.34. The van der Waals surface area contributed by atoms with Crippen LogP contribution in [0.1, 0.15) is 62.2 Å².